The highest BCUT2D eigenvalue weighted by molar-refractivity contribution is 7.13. The molecule has 5 nitrogen and oxygen atoms in total. The monoisotopic (exact) mass is 259 g/mol. The van der Waals surface area contributed by atoms with Gasteiger partial charge in [0.2, 0.25) is 5.69 Å². The molecule has 2 aromatic heterocycles. The summed E-state index contributed by atoms with van der Waals surface area (Å²) in [5, 5.41) is 23.1. The van der Waals surface area contributed by atoms with Gasteiger partial charge in [-0.3, -0.25) is 0 Å². The lowest BCUT2D eigenvalue weighted by Gasteiger charge is -2.00. The molecule has 0 fully saturated rings. The number of imidazole rings is 1. The first-order chi connectivity index (χ1) is 8.66. The number of benzene rings is 1. The van der Waals surface area contributed by atoms with E-state index >= 15 is 0 Å². The van der Waals surface area contributed by atoms with E-state index in [1.54, 1.807) is 18.2 Å². The third-order valence-electron chi connectivity index (χ3n) is 2.64. The zero-order valence-corrected chi connectivity index (χ0v) is 10.1. The average Bonchev–Trinajstić information content (AvgIpc) is 2.97. The smallest absolute Gasteiger partial charge is 0.218 e. The highest BCUT2D eigenvalue weighted by Crippen LogP contribution is 2.28. The van der Waals surface area contributed by atoms with Crippen molar-refractivity contribution in [3.05, 3.63) is 40.9 Å². The van der Waals surface area contributed by atoms with Crippen molar-refractivity contribution in [2.45, 2.75) is 0 Å². The molecule has 0 aliphatic carbocycles. The van der Waals surface area contributed by atoms with E-state index < -0.39 is 0 Å². The first-order valence-electron chi connectivity index (χ1n) is 5.20. The summed E-state index contributed by atoms with van der Waals surface area (Å²) in [6, 6.07) is 8.62. The van der Waals surface area contributed by atoms with E-state index in [9.17, 15) is 10.4 Å². The maximum Gasteiger partial charge on any atom is 0.218 e. The van der Waals surface area contributed by atoms with Crippen molar-refractivity contribution < 1.29 is 9.95 Å². The van der Waals surface area contributed by atoms with Gasteiger partial charge in [-0.1, -0.05) is 6.07 Å². The van der Waals surface area contributed by atoms with Crippen molar-refractivity contribution in [2.75, 3.05) is 0 Å². The maximum atomic E-state index is 11.1. The highest BCUT2D eigenvalue weighted by atomic mass is 32.1. The van der Waals surface area contributed by atoms with Gasteiger partial charge in [0.25, 0.3) is 0 Å². The molecule has 6 heteroatoms. The van der Waals surface area contributed by atoms with Crippen LogP contribution in [-0.4, -0.2) is 26.4 Å². The van der Waals surface area contributed by atoms with Gasteiger partial charge in [0, 0.05) is 12.1 Å². The molecule has 0 radical (unpaired) electrons. The predicted molar refractivity (Wildman–Crippen MR) is 70.6 cm³/mol. The van der Waals surface area contributed by atoms with E-state index in [2.05, 4.69) is 11.7 Å². The van der Waals surface area contributed by atoms with Crippen LogP contribution >= 0.6 is 11.3 Å². The lowest BCUT2D eigenvalue weighted by Crippen LogP contribution is -1.94. The molecule has 0 spiro atoms. The van der Waals surface area contributed by atoms with Crippen LogP contribution in [0.1, 0.15) is 0 Å². The van der Waals surface area contributed by atoms with Crippen LogP contribution in [-0.2, 0) is 0 Å². The molecule has 0 atom stereocenters. The maximum absolute atomic E-state index is 11.1. The largest absolute Gasteiger partial charge is 0.619 e. The summed E-state index contributed by atoms with van der Waals surface area (Å²) in [6.45, 7) is 3.27. The van der Waals surface area contributed by atoms with Crippen molar-refractivity contribution in [3.8, 4) is 10.7 Å². The molecule has 2 heterocycles. The van der Waals surface area contributed by atoms with Gasteiger partial charge in [0.05, 0.1) is 10.4 Å². The standard InChI is InChI=1S/C12H9N3O2S/c1-14(16)8-4-5-9-10(7-8)15(17)12(13-9)11-3-2-6-18-11/h2-7,17H,1H2. The van der Waals surface area contributed by atoms with Gasteiger partial charge < -0.3 is 10.4 Å². The minimum atomic E-state index is 0.371. The van der Waals surface area contributed by atoms with E-state index in [4.69, 9.17) is 0 Å². The Bertz CT molecular complexity index is 731. The van der Waals surface area contributed by atoms with Gasteiger partial charge in [-0.15, -0.1) is 11.3 Å². The first kappa shape index (κ1) is 10.8. The lowest BCUT2D eigenvalue weighted by atomic mass is 10.3. The predicted octanol–water partition coefficient (Wildman–Crippen LogP) is 2.84. The third-order valence-corrected chi connectivity index (χ3v) is 3.51. The quantitative estimate of drug-likeness (QED) is 0.253. The van der Waals surface area contributed by atoms with Crippen molar-refractivity contribution >= 4 is 34.8 Å². The Morgan fingerprint density at radius 2 is 2.22 bits per heavy atom. The van der Waals surface area contributed by atoms with Crippen molar-refractivity contribution in [2.24, 2.45) is 0 Å². The fourth-order valence-electron chi connectivity index (χ4n) is 1.77. The second-order valence-corrected chi connectivity index (χ2v) is 4.72. The summed E-state index contributed by atoms with van der Waals surface area (Å²) in [6.07, 6.45) is 0. The number of rotatable bonds is 2. The third kappa shape index (κ3) is 1.54. The first-order valence-corrected chi connectivity index (χ1v) is 6.08. The molecule has 1 N–H and O–H groups in total. The van der Waals surface area contributed by atoms with E-state index in [0.29, 0.717) is 27.3 Å². The van der Waals surface area contributed by atoms with Gasteiger partial charge in [-0.2, -0.15) is 9.47 Å². The van der Waals surface area contributed by atoms with Crippen LogP contribution in [0.15, 0.2) is 35.7 Å². The Kier molecular flexibility index (Phi) is 2.31. The van der Waals surface area contributed by atoms with Gasteiger partial charge >= 0.3 is 0 Å². The van der Waals surface area contributed by atoms with Crippen LogP contribution in [0.5, 0.6) is 0 Å². The normalized spacial score (nSPS) is 10.9. The minimum Gasteiger partial charge on any atom is -0.619 e. The lowest BCUT2D eigenvalue weighted by molar-refractivity contribution is -0.349. The molecule has 0 unspecified atom stereocenters. The van der Waals surface area contributed by atoms with Gasteiger partial charge in [0.15, 0.2) is 5.82 Å². The Balaban J connectivity index is 2.25. The van der Waals surface area contributed by atoms with Crippen molar-refractivity contribution in [1.82, 2.24) is 9.71 Å². The summed E-state index contributed by atoms with van der Waals surface area (Å²) in [4.78, 5) is 5.20. The molecular formula is C12H9N3O2S. The summed E-state index contributed by atoms with van der Waals surface area (Å²) in [7, 11) is 0. The Labute approximate surface area is 106 Å². The van der Waals surface area contributed by atoms with E-state index in [-0.39, 0.29) is 0 Å². The second-order valence-electron chi connectivity index (χ2n) is 3.78. The molecule has 0 amide bonds. The minimum absolute atomic E-state index is 0.371. The van der Waals surface area contributed by atoms with Crippen molar-refractivity contribution in [3.63, 3.8) is 0 Å². The summed E-state index contributed by atoms with van der Waals surface area (Å²) >= 11 is 1.49. The number of hydrogen-bond donors (Lipinski definition) is 1. The van der Waals surface area contributed by atoms with Crippen molar-refractivity contribution in [1.29, 1.82) is 0 Å². The summed E-state index contributed by atoms with van der Waals surface area (Å²) < 4.78 is 1.49. The molecule has 1 aromatic carbocycles. The molecule has 0 aliphatic rings. The van der Waals surface area contributed by atoms with Crippen LogP contribution in [0.4, 0.5) is 5.69 Å². The van der Waals surface area contributed by atoms with Crippen LogP contribution in [0.25, 0.3) is 21.7 Å². The zero-order valence-electron chi connectivity index (χ0n) is 9.28. The molecule has 0 saturated carbocycles. The summed E-state index contributed by atoms with van der Waals surface area (Å²) in [5.74, 6) is 0.471. The molecular weight excluding hydrogens is 250 g/mol. The van der Waals surface area contributed by atoms with Gasteiger partial charge in [-0.05, 0) is 17.5 Å². The fraction of sp³-hybridized carbons (Fsp3) is 0. The summed E-state index contributed by atoms with van der Waals surface area (Å²) in [5.41, 5.74) is 1.49. The fourth-order valence-corrected chi connectivity index (χ4v) is 2.47. The Hall–Kier alpha value is -2.34. The van der Waals surface area contributed by atoms with Gasteiger partial charge in [-0.25, -0.2) is 4.98 Å². The Morgan fingerprint density at radius 1 is 1.39 bits per heavy atom. The number of thiophene rings is 1. The van der Waals surface area contributed by atoms with E-state index in [0.717, 1.165) is 9.61 Å². The van der Waals surface area contributed by atoms with Crippen LogP contribution in [0.3, 0.4) is 0 Å². The molecule has 0 aliphatic heterocycles. The Morgan fingerprint density at radius 3 is 2.89 bits per heavy atom. The second kappa shape index (κ2) is 3.85. The molecule has 90 valence electrons. The molecule has 18 heavy (non-hydrogen) atoms. The molecule has 3 aromatic rings. The topological polar surface area (TPSA) is 64.1 Å². The number of nitrogens with zero attached hydrogens (tertiary/aromatic N) is 3. The van der Waals surface area contributed by atoms with Gasteiger partial charge in [0.1, 0.15) is 12.2 Å². The molecule has 0 bridgehead atoms. The van der Waals surface area contributed by atoms with E-state index in [1.165, 1.54) is 11.3 Å². The van der Waals surface area contributed by atoms with Crippen LogP contribution < -0.4 is 0 Å². The van der Waals surface area contributed by atoms with Crippen LogP contribution in [0, 0.1) is 5.21 Å². The molecule has 3 rings (SSSR count). The number of fused-ring (bicyclic) bond motifs is 1. The molecule has 0 saturated heterocycles. The number of aromatic nitrogens is 2. The SMILES string of the molecule is C=[N+]([O-])c1ccc2nc(-c3cccs3)n(O)c2c1. The number of hydrogen-bond acceptors (Lipinski definition) is 4. The average molecular weight is 259 g/mol. The zero-order chi connectivity index (χ0) is 12.7. The van der Waals surface area contributed by atoms with Crippen LogP contribution in [0.2, 0.25) is 0 Å². The highest BCUT2D eigenvalue weighted by Gasteiger charge is 2.14. The van der Waals surface area contributed by atoms with E-state index in [1.807, 2.05) is 17.5 Å².